The molecule has 1 unspecified atom stereocenters. The molecule has 1 atom stereocenters. The fraction of sp³-hybridized carbons (Fsp3) is 0.467. The van der Waals surface area contributed by atoms with E-state index in [0.717, 1.165) is 11.3 Å². The van der Waals surface area contributed by atoms with Crippen LogP contribution in [-0.2, 0) is 11.3 Å². The first-order chi connectivity index (χ1) is 9.93. The van der Waals surface area contributed by atoms with Crippen molar-refractivity contribution in [2.24, 2.45) is 0 Å². The third-order valence-corrected chi connectivity index (χ3v) is 3.11. The topological polar surface area (TPSA) is 78.9 Å². The molecular weight excluding hydrogens is 272 g/mol. The molecule has 2 amide bonds. The number of nitrogens with one attached hydrogen (secondary N) is 1. The van der Waals surface area contributed by atoms with Crippen LogP contribution in [0.5, 0.6) is 5.75 Å². The largest absolute Gasteiger partial charge is 0.496 e. The number of nitrogens with zero attached hydrogens (tertiary/aromatic N) is 1. The highest BCUT2D eigenvalue weighted by molar-refractivity contribution is 5.74. The number of carboxylic acids is 1. The Morgan fingerprint density at radius 3 is 2.67 bits per heavy atom. The summed E-state index contributed by atoms with van der Waals surface area (Å²) < 4.78 is 5.25. The minimum Gasteiger partial charge on any atom is -0.496 e. The monoisotopic (exact) mass is 294 g/mol. The normalized spacial score (nSPS) is 11.6. The second-order valence-corrected chi connectivity index (χ2v) is 4.95. The lowest BCUT2D eigenvalue weighted by Gasteiger charge is -2.22. The molecule has 0 aliphatic heterocycles. The number of carboxylic acid groups (broad SMARTS) is 1. The molecule has 0 aromatic heterocycles. The molecule has 0 aliphatic carbocycles. The van der Waals surface area contributed by atoms with E-state index in [1.165, 1.54) is 4.90 Å². The van der Waals surface area contributed by atoms with Crippen LogP contribution in [0.4, 0.5) is 4.79 Å². The van der Waals surface area contributed by atoms with E-state index in [1.54, 1.807) is 21.1 Å². The maximum atomic E-state index is 12.0. The molecule has 0 fully saturated rings. The molecule has 1 rings (SSSR count). The number of hydrogen-bond donors (Lipinski definition) is 2. The molecule has 6 heteroatoms. The van der Waals surface area contributed by atoms with Crippen LogP contribution in [0.2, 0.25) is 0 Å². The summed E-state index contributed by atoms with van der Waals surface area (Å²) in [6.07, 6.45) is 0.446. The SMILES string of the molecule is COc1ccccc1CN(C)C(=O)NC(C)CCC(=O)O. The molecule has 0 saturated carbocycles. The van der Waals surface area contributed by atoms with E-state index in [2.05, 4.69) is 5.32 Å². The summed E-state index contributed by atoms with van der Waals surface area (Å²) in [5.41, 5.74) is 0.913. The number of amides is 2. The number of ether oxygens (including phenoxy) is 1. The zero-order valence-corrected chi connectivity index (χ0v) is 12.6. The van der Waals surface area contributed by atoms with Gasteiger partial charge in [0.2, 0.25) is 0 Å². The van der Waals surface area contributed by atoms with Crippen LogP contribution in [0.1, 0.15) is 25.3 Å². The van der Waals surface area contributed by atoms with Gasteiger partial charge in [0.1, 0.15) is 5.75 Å². The minimum absolute atomic E-state index is 0.0394. The number of carbonyl (C=O) groups excluding carboxylic acids is 1. The van der Waals surface area contributed by atoms with Crippen LogP contribution >= 0.6 is 0 Å². The van der Waals surface area contributed by atoms with Crippen LogP contribution in [0, 0.1) is 0 Å². The second-order valence-electron chi connectivity index (χ2n) is 4.95. The summed E-state index contributed by atoms with van der Waals surface area (Å²) in [6, 6.07) is 7.08. The Morgan fingerprint density at radius 2 is 2.05 bits per heavy atom. The second kappa shape index (κ2) is 8.14. The smallest absolute Gasteiger partial charge is 0.317 e. The van der Waals surface area contributed by atoms with Gasteiger partial charge in [-0.05, 0) is 19.4 Å². The highest BCUT2D eigenvalue weighted by Crippen LogP contribution is 2.18. The Morgan fingerprint density at radius 1 is 1.38 bits per heavy atom. The van der Waals surface area contributed by atoms with E-state index in [4.69, 9.17) is 9.84 Å². The lowest BCUT2D eigenvalue weighted by Crippen LogP contribution is -2.41. The van der Waals surface area contributed by atoms with Gasteiger partial charge in [-0.3, -0.25) is 4.79 Å². The summed E-state index contributed by atoms with van der Waals surface area (Å²) in [4.78, 5) is 24.1. The Kier molecular flexibility index (Phi) is 6.52. The van der Waals surface area contributed by atoms with Crippen LogP contribution in [0.15, 0.2) is 24.3 Å². The summed E-state index contributed by atoms with van der Waals surface area (Å²) in [6.45, 7) is 2.21. The molecule has 1 aromatic carbocycles. The number of aliphatic carboxylic acids is 1. The predicted octanol–water partition coefficient (Wildman–Crippen LogP) is 2.09. The van der Waals surface area contributed by atoms with Crippen molar-refractivity contribution in [1.29, 1.82) is 0 Å². The van der Waals surface area contributed by atoms with E-state index < -0.39 is 5.97 Å². The number of carbonyl (C=O) groups is 2. The van der Waals surface area contributed by atoms with Crippen molar-refractivity contribution in [3.8, 4) is 5.75 Å². The molecule has 1 aromatic rings. The summed E-state index contributed by atoms with van der Waals surface area (Å²) in [7, 11) is 3.28. The van der Waals surface area contributed by atoms with Crippen molar-refractivity contribution < 1.29 is 19.4 Å². The number of rotatable bonds is 7. The summed E-state index contributed by atoms with van der Waals surface area (Å²) >= 11 is 0. The van der Waals surface area contributed by atoms with Crippen molar-refractivity contribution in [3.05, 3.63) is 29.8 Å². The number of methoxy groups -OCH3 is 1. The predicted molar refractivity (Wildman–Crippen MR) is 79.3 cm³/mol. The summed E-state index contributed by atoms with van der Waals surface area (Å²) in [5.74, 6) is -0.130. The number of hydrogen-bond acceptors (Lipinski definition) is 3. The first kappa shape index (κ1) is 16.8. The fourth-order valence-corrected chi connectivity index (χ4v) is 1.89. The third-order valence-electron chi connectivity index (χ3n) is 3.11. The number of para-hydroxylation sites is 1. The van der Waals surface area contributed by atoms with Gasteiger partial charge in [0.25, 0.3) is 0 Å². The molecule has 0 spiro atoms. The molecule has 6 nitrogen and oxygen atoms in total. The van der Waals surface area contributed by atoms with Gasteiger partial charge in [0.15, 0.2) is 0 Å². The van der Waals surface area contributed by atoms with Crippen molar-refractivity contribution in [2.45, 2.75) is 32.4 Å². The molecule has 116 valence electrons. The Labute approximate surface area is 124 Å². The molecular formula is C15H22N2O4. The maximum Gasteiger partial charge on any atom is 0.317 e. The van der Waals surface area contributed by atoms with E-state index in [9.17, 15) is 9.59 Å². The Bertz CT molecular complexity index is 490. The van der Waals surface area contributed by atoms with Gasteiger partial charge in [-0.2, -0.15) is 0 Å². The van der Waals surface area contributed by atoms with Crippen LogP contribution < -0.4 is 10.1 Å². The van der Waals surface area contributed by atoms with Crippen molar-refractivity contribution in [1.82, 2.24) is 10.2 Å². The van der Waals surface area contributed by atoms with Crippen molar-refractivity contribution >= 4 is 12.0 Å². The van der Waals surface area contributed by atoms with Gasteiger partial charge >= 0.3 is 12.0 Å². The zero-order chi connectivity index (χ0) is 15.8. The average Bonchev–Trinajstić information content (AvgIpc) is 2.45. The maximum absolute atomic E-state index is 12.0. The van der Waals surface area contributed by atoms with Crippen LogP contribution in [-0.4, -0.2) is 42.2 Å². The van der Waals surface area contributed by atoms with Gasteiger partial charge < -0.3 is 20.1 Å². The van der Waals surface area contributed by atoms with E-state index in [1.807, 2.05) is 24.3 Å². The van der Waals surface area contributed by atoms with Gasteiger partial charge in [-0.1, -0.05) is 18.2 Å². The number of benzene rings is 1. The van der Waals surface area contributed by atoms with Crippen LogP contribution in [0.3, 0.4) is 0 Å². The van der Waals surface area contributed by atoms with Crippen molar-refractivity contribution in [3.63, 3.8) is 0 Å². The molecule has 0 saturated heterocycles. The van der Waals surface area contributed by atoms with E-state index >= 15 is 0 Å². The standard InChI is InChI=1S/C15H22N2O4/c1-11(8-9-14(18)19)16-15(20)17(2)10-12-6-4-5-7-13(12)21-3/h4-7,11H,8-10H2,1-3H3,(H,16,20)(H,18,19). The minimum atomic E-state index is -0.863. The van der Waals surface area contributed by atoms with Gasteiger partial charge in [0, 0.05) is 25.1 Å². The van der Waals surface area contributed by atoms with Crippen LogP contribution in [0.25, 0.3) is 0 Å². The van der Waals surface area contributed by atoms with Gasteiger partial charge in [0.05, 0.1) is 13.7 Å². The Balaban J connectivity index is 2.52. The first-order valence-corrected chi connectivity index (χ1v) is 6.79. The highest BCUT2D eigenvalue weighted by atomic mass is 16.5. The molecule has 0 aliphatic rings. The molecule has 0 heterocycles. The Hall–Kier alpha value is -2.24. The van der Waals surface area contributed by atoms with Crippen molar-refractivity contribution in [2.75, 3.05) is 14.2 Å². The van der Waals surface area contributed by atoms with Gasteiger partial charge in [-0.25, -0.2) is 4.79 Å². The zero-order valence-electron chi connectivity index (χ0n) is 12.6. The summed E-state index contributed by atoms with van der Waals surface area (Å²) in [5, 5.41) is 11.4. The lowest BCUT2D eigenvalue weighted by molar-refractivity contribution is -0.137. The first-order valence-electron chi connectivity index (χ1n) is 6.79. The molecule has 21 heavy (non-hydrogen) atoms. The van der Waals surface area contributed by atoms with E-state index in [-0.39, 0.29) is 18.5 Å². The molecule has 0 radical (unpaired) electrons. The quantitative estimate of drug-likeness (QED) is 0.807. The van der Waals surface area contributed by atoms with Gasteiger partial charge in [-0.15, -0.1) is 0 Å². The average molecular weight is 294 g/mol. The molecule has 2 N–H and O–H groups in total. The number of urea groups is 1. The third kappa shape index (κ3) is 5.72. The van der Waals surface area contributed by atoms with E-state index in [0.29, 0.717) is 13.0 Å². The highest BCUT2D eigenvalue weighted by Gasteiger charge is 2.14. The lowest BCUT2D eigenvalue weighted by atomic mass is 10.2. The molecule has 0 bridgehead atoms. The fourth-order valence-electron chi connectivity index (χ4n) is 1.89.